The lowest BCUT2D eigenvalue weighted by Crippen LogP contribution is -2.49. The van der Waals surface area contributed by atoms with E-state index in [0.29, 0.717) is 13.0 Å². The Bertz CT molecular complexity index is 312. The third kappa shape index (κ3) is 2.35. The first-order valence-electron chi connectivity index (χ1n) is 5.89. The Morgan fingerprint density at radius 2 is 2.31 bits per heavy atom. The summed E-state index contributed by atoms with van der Waals surface area (Å²) in [7, 11) is 0. The van der Waals surface area contributed by atoms with Crippen LogP contribution in [0.4, 0.5) is 0 Å². The topological polar surface area (TPSA) is 75.4 Å². The number of nitrogens with zero attached hydrogens (tertiary/aromatic N) is 1. The maximum absolute atomic E-state index is 11.7. The number of carbonyl (C=O) groups is 2. The number of carbonyl (C=O) groups excluding carboxylic acids is 2. The van der Waals surface area contributed by atoms with Crippen LogP contribution in [0.3, 0.4) is 0 Å². The Morgan fingerprint density at radius 3 is 2.81 bits per heavy atom. The van der Waals surface area contributed by atoms with E-state index in [1.54, 1.807) is 4.90 Å². The van der Waals surface area contributed by atoms with Crippen molar-refractivity contribution in [3.63, 3.8) is 0 Å². The monoisotopic (exact) mass is 225 g/mol. The Kier molecular flexibility index (Phi) is 2.88. The van der Waals surface area contributed by atoms with Gasteiger partial charge in [0.1, 0.15) is 0 Å². The van der Waals surface area contributed by atoms with Gasteiger partial charge < -0.3 is 16.0 Å². The number of nitrogens with two attached hydrogens (primary N) is 1. The summed E-state index contributed by atoms with van der Waals surface area (Å²) in [5.41, 5.74) is 5.16. The minimum absolute atomic E-state index is 0.0180. The van der Waals surface area contributed by atoms with Crippen molar-refractivity contribution in [2.45, 2.75) is 44.2 Å². The fraction of sp³-hybridized carbons (Fsp3) is 0.818. The molecule has 0 radical (unpaired) electrons. The summed E-state index contributed by atoms with van der Waals surface area (Å²) in [5.74, 6) is 0.113. The summed E-state index contributed by atoms with van der Waals surface area (Å²) in [6, 6.07) is -0.0180. The van der Waals surface area contributed by atoms with Crippen LogP contribution in [0, 0.1) is 0 Å². The molecule has 1 atom stereocenters. The molecule has 16 heavy (non-hydrogen) atoms. The molecule has 2 aliphatic rings. The molecule has 0 aromatic rings. The van der Waals surface area contributed by atoms with Gasteiger partial charge in [-0.15, -0.1) is 0 Å². The molecule has 0 spiro atoms. The van der Waals surface area contributed by atoms with Gasteiger partial charge in [-0.05, 0) is 26.2 Å². The van der Waals surface area contributed by atoms with Crippen LogP contribution in [0.15, 0.2) is 0 Å². The van der Waals surface area contributed by atoms with Crippen molar-refractivity contribution in [2.24, 2.45) is 5.73 Å². The summed E-state index contributed by atoms with van der Waals surface area (Å²) in [5, 5.41) is 2.87. The second-order valence-electron chi connectivity index (χ2n) is 4.97. The van der Waals surface area contributed by atoms with E-state index in [9.17, 15) is 9.59 Å². The highest BCUT2D eigenvalue weighted by atomic mass is 16.2. The smallest absolute Gasteiger partial charge is 0.240 e. The number of nitrogens with one attached hydrogen (secondary N) is 1. The molecule has 3 N–H and O–H groups in total. The van der Waals surface area contributed by atoms with Crippen molar-refractivity contribution in [3.05, 3.63) is 0 Å². The summed E-state index contributed by atoms with van der Waals surface area (Å²) in [6.07, 6.45) is 3.12. The van der Waals surface area contributed by atoms with E-state index in [-0.39, 0.29) is 17.9 Å². The lowest BCUT2D eigenvalue weighted by molar-refractivity contribution is -0.129. The van der Waals surface area contributed by atoms with E-state index in [1.807, 2.05) is 6.92 Å². The molecule has 2 rings (SSSR count). The molecule has 1 heterocycles. The molecule has 0 aromatic carbocycles. The molecule has 5 heteroatoms. The normalized spacial score (nSPS) is 24.4. The van der Waals surface area contributed by atoms with Gasteiger partial charge in [0.05, 0.1) is 5.54 Å². The molecule has 2 fully saturated rings. The number of hydrogen-bond donors (Lipinski definition) is 2. The zero-order valence-electron chi connectivity index (χ0n) is 9.66. The molecule has 2 amide bonds. The van der Waals surface area contributed by atoms with Crippen LogP contribution in [0.25, 0.3) is 0 Å². The zero-order valence-corrected chi connectivity index (χ0v) is 9.66. The molecule has 5 nitrogen and oxygen atoms in total. The third-order valence-corrected chi connectivity index (χ3v) is 3.28. The largest absolute Gasteiger partial charge is 0.350 e. The van der Waals surface area contributed by atoms with E-state index in [4.69, 9.17) is 5.73 Å². The Hall–Kier alpha value is -1.10. The number of amides is 2. The standard InChI is InChI=1S/C11H19N3O2/c1-8(7-14-6-2-3-9(14)15)13-10(16)11(12)4-5-11/h8H,2-7,12H2,1H3,(H,13,16). The molecule has 1 saturated carbocycles. The number of hydrogen-bond acceptors (Lipinski definition) is 3. The average Bonchev–Trinajstić information content (AvgIpc) is 2.85. The van der Waals surface area contributed by atoms with Crippen molar-refractivity contribution in [3.8, 4) is 0 Å². The van der Waals surface area contributed by atoms with E-state index >= 15 is 0 Å². The van der Waals surface area contributed by atoms with Gasteiger partial charge in [0.15, 0.2) is 0 Å². The quantitative estimate of drug-likeness (QED) is 0.684. The predicted octanol–water partition coefficient (Wildman–Crippen LogP) is -0.395. The Morgan fingerprint density at radius 1 is 1.62 bits per heavy atom. The molecule has 1 saturated heterocycles. The molecular formula is C11H19N3O2. The Balaban J connectivity index is 1.77. The fourth-order valence-corrected chi connectivity index (χ4v) is 2.00. The van der Waals surface area contributed by atoms with Crippen LogP contribution >= 0.6 is 0 Å². The van der Waals surface area contributed by atoms with Gasteiger partial charge in [0.25, 0.3) is 0 Å². The van der Waals surface area contributed by atoms with Crippen molar-refractivity contribution >= 4 is 11.8 Å². The first-order chi connectivity index (χ1) is 7.51. The molecule has 90 valence electrons. The summed E-state index contributed by atoms with van der Waals surface area (Å²) < 4.78 is 0. The van der Waals surface area contributed by atoms with E-state index in [0.717, 1.165) is 25.8 Å². The number of likely N-dealkylation sites (tertiary alicyclic amines) is 1. The maximum Gasteiger partial charge on any atom is 0.240 e. The van der Waals surface area contributed by atoms with E-state index in [2.05, 4.69) is 5.32 Å². The highest BCUT2D eigenvalue weighted by molar-refractivity contribution is 5.89. The van der Waals surface area contributed by atoms with Crippen LogP contribution in [-0.2, 0) is 9.59 Å². The van der Waals surface area contributed by atoms with Gasteiger partial charge in [-0.2, -0.15) is 0 Å². The van der Waals surface area contributed by atoms with Crippen LogP contribution in [-0.4, -0.2) is 41.4 Å². The van der Waals surface area contributed by atoms with Crippen LogP contribution < -0.4 is 11.1 Å². The van der Waals surface area contributed by atoms with Crippen molar-refractivity contribution < 1.29 is 9.59 Å². The van der Waals surface area contributed by atoms with Gasteiger partial charge in [-0.25, -0.2) is 0 Å². The highest BCUT2D eigenvalue weighted by Gasteiger charge is 2.46. The maximum atomic E-state index is 11.7. The minimum Gasteiger partial charge on any atom is -0.350 e. The van der Waals surface area contributed by atoms with Gasteiger partial charge in [0.2, 0.25) is 11.8 Å². The third-order valence-electron chi connectivity index (χ3n) is 3.28. The van der Waals surface area contributed by atoms with Crippen molar-refractivity contribution in [1.82, 2.24) is 10.2 Å². The number of rotatable bonds is 4. The first-order valence-corrected chi connectivity index (χ1v) is 5.89. The molecule has 1 unspecified atom stereocenters. The molecule has 1 aliphatic carbocycles. The first kappa shape index (κ1) is 11.4. The molecular weight excluding hydrogens is 206 g/mol. The fourth-order valence-electron chi connectivity index (χ4n) is 2.00. The van der Waals surface area contributed by atoms with Gasteiger partial charge in [-0.3, -0.25) is 9.59 Å². The average molecular weight is 225 g/mol. The molecule has 0 bridgehead atoms. The van der Waals surface area contributed by atoms with Crippen LogP contribution in [0.5, 0.6) is 0 Å². The van der Waals surface area contributed by atoms with E-state index in [1.165, 1.54) is 0 Å². The second-order valence-corrected chi connectivity index (χ2v) is 4.97. The predicted molar refractivity (Wildman–Crippen MR) is 59.6 cm³/mol. The summed E-state index contributed by atoms with van der Waals surface area (Å²) >= 11 is 0. The van der Waals surface area contributed by atoms with Gasteiger partial charge in [0, 0.05) is 25.6 Å². The SMILES string of the molecule is CC(CN1CCCC1=O)NC(=O)C1(N)CC1. The van der Waals surface area contributed by atoms with Crippen molar-refractivity contribution in [2.75, 3.05) is 13.1 Å². The molecule has 1 aliphatic heterocycles. The zero-order chi connectivity index (χ0) is 11.8. The lowest BCUT2D eigenvalue weighted by atomic mass is 10.2. The van der Waals surface area contributed by atoms with E-state index < -0.39 is 5.54 Å². The van der Waals surface area contributed by atoms with Gasteiger partial charge in [-0.1, -0.05) is 0 Å². The summed E-state index contributed by atoms with van der Waals surface area (Å²) in [6.45, 7) is 3.32. The highest BCUT2D eigenvalue weighted by Crippen LogP contribution is 2.32. The Labute approximate surface area is 95.3 Å². The minimum atomic E-state index is -0.622. The molecule has 0 aromatic heterocycles. The van der Waals surface area contributed by atoms with Crippen LogP contribution in [0.1, 0.15) is 32.6 Å². The second kappa shape index (κ2) is 4.05. The van der Waals surface area contributed by atoms with Gasteiger partial charge >= 0.3 is 0 Å². The lowest BCUT2D eigenvalue weighted by Gasteiger charge is -2.22. The van der Waals surface area contributed by atoms with Crippen molar-refractivity contribution in [1.29, 1.82) is 0 Å². The van der Waals surface area contributed by atoms with Crippen LogP contribution in [0.2, 0.25) is 0 Å². The summed E-state index contributed by atoms with van der Waals surface area (Å²) in [4.78, 5) is 24.9.